The standard InChI is InChI=1S/C14H13N3OS2/c1-10-5-7-19-13(10)8-16-17-11(9-20-14(17)15-2)12-4-3-6-18-12/h3-9H,1-2H3. The highest BCUT2D eigenvalue weighted by Gasteiger charge is 2.09. The number of thiophene rings is 1. The van der Waals surface area contributed by atoms with Crippen molar-refractivity contribution in [2.24, 2.45) is 10.1 Å². The van der Waals surface area contributed by atoms with Gasteiger partial charge in [0.15, 0.2) is 5.76 Å². The van der Waals surface area contributed by atoms with Gasteiger partial charge in [0.25, 0.3) is 0 Å². The predicted octanol–water partition coefficient (Wildman–Crippen LogP) is 3.59. The Morgan fingerprint density at radius 2 is 2.20 bits per heavy atom. The van der Waals surface area contributed by atoms with Gasteiger partial charge < -0.3 is 4.42 Å². The fourth-order valence-electron chi connectivity index (χ4n) is 1.78. The molecular weight excluding hydrogens is 290 g/mol. The van der Waals surface area contributed by atoms with Crippen LogP contribution in [0.2, 0.25) is 0 Å². The second-order valence-electron chi connectivity index (χ2n) is 4.13. The lowest BCUT2D eigenvalue weighted by Gasteiger charge is -1.99. The third kappa shape index (κ3) is 2.39. The highest BCUT2D eigenvalue weighted by Crippen LogP contribution is 2.20. The van der Waals surface area contributed by atoms with E-state index < -0.39 is 0 Å². The van der Waals surface area contributed by atoms with Crippen molar-refractivity contribution in [3.63, 3.8) is 0 Å². The van der Waals surface area contributed by atoms with Crippen molar-refractivity contribution >= 4 is 28.9 Å². The molecule has 0 bridgehead atoms. The summed E-state index contributed by atoms with van der Waals surface area (Å²) in [6, 6.07) is 5.87. The lowest BCUT2D eigenvalue weighted by Crippen LogP contribution is -2.11. The number of hydrogen-bond donors (Lipinski definition) is 0. The van der Waals surface area contributed by atoms with Crippen LogP contribution in [0.1, 0.15) is 10.4 Å². The summed E-state index contributed by atoms with van der Waals surface area (Å²) >= 11 is 3.22. The Morgan fingerprint density at radius 1 is 1.30 bits per heavy atom. The maximum Gasteiger partial charge on any atom is 0.206 e. The quantitative estimate of drug-likeness (QED) is 0.682. The molecule has 0 radical (unpaired) electrons. The summed E-state index contributed by atoms with van der Waals surface area (Å²) in [6.07, 6.45) is 3.53. The first-order valence-electron chi connectivity index (χ1n) is 6.05. The van der Waals surface area contributed by atoms with Crippen molar-refractivity contribution in [2.45, 2.75) is 6.92 Å². The lowest BCUT2D eigenvalue weighted by molar-refractivity contribution is 0.575. The largest absolute Gasteiger partial charge is 0.463 e. The van der Waals surface area contributed by atoms with Crippen LogP contribution >= 0.6 is 22.7 Å². The number of furan rings is 1. The minimum Gasteiger partial charge on any atom is -0.463 e. The van der Waals surface area contributed by atoms with Crippen LogP contribution in [0.3, 0.4) is 0 Å². The molecule has 0 atom stereocenters. The van der Waals surface area contributed by atoms with Crippen LogP contribution in [0, 0.1) is 6.92 Å². The van der Waals surface area contributed by atoms with E-state index in [1.807, 2.05) is 28.4 Å². The Bertz CT molecular complexity index is 791. The van der Waals surface area contributed by atoms with Gasteiger partial charge in [0.2, 0.25) is 4.80 Å². The number of aryl methyl sites for hydroxylation is 1. The van der Waals surface area contributed by atoms with Gasteiger partial charge in [-0.3, -0.25) is 4.99 Å². The SMILES string of the molecule is CN=c1scc(-c2ccco2)n1N=Cc1sccc1C. The fraction of sp³-hybridized carbons (Fsp3) is 0.143. The highest BCUT2D eigenvalue weighted by atomic mass is 32.1. The molecule has 3 aromatic rings. The molecular formula is C14H13N3OS2. The normalized spacial score (nSPS) is 12.6. The van der Waals surface area contributed by atoms with Gasteiger partial charge in [-0.25, -0.2) is 4.68 Å². The molecule has 0 amide bonds. The molecule has 3 rings (SSSR count). The monoisotopic (exact) mass is 303 g/mol. The molecule has 102 valence electrons. The molecule has 3 aromatic heterocycles. The zero-order valence-corrected chi connectivity index (χ0v) is 12.7. The Morgan fingerprint density at radius 3 is 2.85 bits per heavy atom. The van der Waals surface area contributed by atoms with E-state index in [0.717, 1.165) is 21.1 Å². The Hall–Kier alpha value is -1.92. The van der Waals surface area contributed by atoms with E-state index >= 15 is 0 Å². The summed E-state index contributed by atoms with van der Waals surface area (Å²) in [6.45, 7) is 2.08. The van der Waals surface area contributed by atoms with Gasteiger partial charge in [0, 0.05) is 12.4 Å². The zero-order chi connectivity index (χ0) is 13.9. The minimum absolute atomic E-state index is 0.788. The average Bonchev–Trinajstić information content (AvgIpc) is 3.16. The van der Waals surface area contributed by atoms with Crippen molar-refractivity contribution in [1.29, 1.82) is 0 Å². The third-order valence-electron chi connectivity index (χ3n) is 2.84. The summed E-state index contributed by atoms with van der Waals surface area (Å²) in [5, 5.41) is 8.62. The molecule has 0 saturated heterocycles. The summed E-state index contributed by atoms with van der Waals surface area (Å²) < 4.78 is 7.26. The molecule has 6 heteroatoms. The van der Waals surface area contributed by atoms with Crippen LogP contribution in [0.4, 0.5) is 0 Å². The molecule has 0 aliphatic carbocycles. The smallest absolute Gasteiger partial charge is 0.206 e. The van der Waals surface area contributed by atoms with Gasteiger partial charge in [-0.05, 0) is 36.1 Å². The number of hydrogen-bond acceptors (Lipinski definition) is 5. The maximum absolute atomic E-state index is 5.45. The van der Waals surface area contributed by atoms with Gasteiger partial charge in [0.05, 0.1) is 17.4 Å². The molecule has 0 fully saturated rings. The average molecular weight is 303 g/mol. The van der Waals surface area contributed by atoms with Gasteiger partial charge >= 0.3 is 0 Å². The molecule has 0 unspecified atom stereocenters. The minimum atomic E-state index is 0.788. The first-order valence-corrected chi connectivity index (χ1v) is 7.81. The predicted molar refractivity (Wildman–Crippen MR) is 83.5 cm³/mol. The summed E-state index contributed by atoms with van der Waals surface area (Å²) in [5.41, 5.74) is 2.13. The second kappa shape index (κ2) is 5.60. The van der Waals surface area contributed by atoms with Crippen molar-refractivity contribution in [2.75, 3.05) is 7.05 Å². The molecule has 0 aliphatic heterocycles. The highest BCUT2D eigenvalue weighted by molar-refractivity contribution is 7.11. The van der Waals surface area contributed by atoms with Crippen LogP contribution in [-0.2, 0) is 0 Å². The van der Waals surface area contributed by atoms with Crippen molar-refractivity contribution in [3.05, 3.63) is 50.5 Å². The maximum atomic E-state index is 5.45. The van der Waals surface area contributed by atoms with E-state index in [-0.39, 0.29) is 0 Å². The number of rotatable bonds is 3. The molecule has 0 spiro atoms. The molecule has 0 saturated carbocycles. The van der Waals surface area contributed by atoms with Gasteiger partial charge in [-0.15, -0.1) is 22.7 Å². The van der Waals surface area contributed by atoms with E-state index in [0.29, 0.717) is 0 Å². The van der Waals surface area contributed by atoms with Crippen molar-refractivity contribution < 1.29 is 4.42 Å². The van der Waals surface area contributed by atoms with E-state index in [1.54, 1.807) is 36.0 Å². The summed E-state index contributed by atoms with van der Waals surface area (Å²) in [5.74, 6) is 0.788. The van der Waals surface area contributed by atoms with Crippen LogP contribution in [0.5, 0.6) is 0 Å². The van der Waals surface area contributed by atoms with Crippen LogP contribution in [-0.4, -0.2) is 17.9 Å². The number of thiazole rings is 1. The first kappa shape index (κ1) is 13.1. The molecule has 0 aromatic carbocycles. The Kier molecular flexibility index (Phi) is 3.66. The van der Waals surface area contributed by atoms with E-state index in [2.05, 4.69) is 28.5 Å². The molecule has 20 heavy (non-hydrogen) atoms. The van der Waals surface area contributed by atoms with Crippen molar-refractivity contribution in [3.8, 4) is 11.5 Å². The summed E-state index contributed by atoms with van der Waals surface area (Å²) in [7, 11) is 1.76. The molecule has 4 nitrogen and oxygen atoms in total. The molecule has 0 N–H and O–H groups in total. The van der Waals surface area contributed by atoms with Crippen LogP contribution in [0.15, 0.2) is 49.7 Å². The second-order valence-corrected chi connectivity index (χ2v) is 5.91. The number of nitrogens with zero attached hydrogens (tertiary/aromatic N) is 3. The van der Waals surface area contributed by atoms with Crippen LogP contribution < -0.4 is 4.80 Å². The van der Waals surface area contributed by atoms with Crippen LogP contribution in [0.25, 0.3) is 11.5 Å². The van der Waals surface area contributed by atoms with Gasteiger partial charge in [-0.2, -0.15) is 5.10 Å². The molecule has 0 aliphatic rings. The van der Waals surface area contributed by atoms with Gasteiger partial charge in [0.1, 0.15) is 5.69 Å². The topological polar surface area (TPSA) is 42.8 Å². The molecule has 3 heterocycles. The Balaban J connectivity index is 2.07. The zero-order valence-electron chi connectivity index (χ0n) is 11.1. The van der Waals surface area contributed by atoms with E-state index in [9.17, 15) is 0 Å². The van der Waals surface area contributed by atoms with Crippen molar-refractivity contribution in [1.82, 2.24) is 4.68 Å². The lowest BCUT2D eigenvalue weighted by atomic mass is 10.3. The Labute approximate surface area is 124 Å². The van der Waals surface area contributed by atoms with E-state index in [4.69, 9.17) is 4.42 Å². The number of aromatic nitrogens is 1. The van der Waals surface area contributed by atoms with Gasteiger partial charge in [-0.1, -0.05) is 0 Å². The first-order chi connectivity index (χ1) is 9.79. The fourth-order valence-corrected chi connectivity index (χ4v) is 3.35. The third-order valence-corrected chi connectivity index (χ3v) is 4.70. The van der Waals surface area contributed by atoms with E-state index in [1.165, 1.54) is 5.56 Å². The summed E-state index contributed by atoms with van der Waals surface area (Å²) in [4.78, 5) is 6.24.